The number of nitrogens with one attached hydrogen (secondary N) is 1. The van der Waals surface area contributed by atoms with Crippen LogP contribution in [0.5, 0.6) is 5.75 Å². The van der Waals surface area contributed by atoms with E-state index >= 15 is 0 Å². The Morgan fingerprint density at radius 1 is 1.27 bits per heavy atom. The number of alkyl halides is 2. The molecule has 1 aliphatic rings. The van der Waals surface area contributed by atoms with Crippen LogP contribution in [-0.4, -0.2) is 29.8 Å². The summed E-state index contributed by atoms with van der Waals surface area (Å²) in [6.45, 7) is 2.35. The third-order valence-electron chi connectivity index (χ3n) is 4.04. The largest absolute Gasteiger partial charge is 0.430 e. The van der Waals surface area contributed by atoms with Crippen molar-refractivity contribution in [3.05, 3.63) is 53.7 Å². The van der Waals surface area contributed by atoms with Gasteiger partial charge in [0.05, 0.1) is 0 Å². The molecule has 1 atom stereocenters. The minimum absolute atomic E-state index is 0.0747. The van der Waals surface area contributed by atoms with E-state index in [1.165, 1.54) is 46.3 Å². The first-order valence-electron chi connectivity index (χ1n) is 8.34. The number of rotatable bonds is 6. The molecule has 1 aliphatic heterocycles. The van der Waals surface area contributed by atoms with Crippen molar-refractivity contribution in [3.63, 3.8) is 0 Å². The Kier molecular flexibility index (Phi) is 5.67. The Hall–Kier alpha value is -2.27. The van der Waals surface area contributed by atoms with E-state index in [1.54, 1.807) is 6.20 Å². The SMILES string of the molecule is O=C(NCc1ccc(N2CCCC2)nc1)c1cccc(OC(F)(F)P)c1. The van der Waals surface area contributed by atoms with Crippen LogP contribution in [0.2, 0.25) is 0 Å². The number of carbonyl (C=O) groups excluding carboxylic acids is 1. The van der Waals surface area contributed by atoms with Crippen LogP contribution < -0.4 is 15.0 Å². The van der Waals surface area contributed by atoms with Crippen molar-refractivity contribution < 1.29 is 18.3 Å². The minimum atomic E-state index is -3.38. The molecule has 3 rings (SSSR count). The summed E-state index contributed by atoms with van der Waals surface area (Å²) in [6, 6.07) is 9.56. The molecule has 1 fully saturated rings. The van der Waals surface area contributed by atoms with E-state index in [2.05, 4.69) is 19.9 Å². The molecule has 1 amide bonds. The van der Waals surface area contributed by atoms with Crippen molar-refractivity contribution in [2.45, 2.75) is 25.2 Å². The van der Waals surface area contributed by atoms with E-state index in [9.17, 15) is 13.6 Å². The smallest absolute Gasteiger partial charge is 0.408 e. The second kappa shape index (κ2) is 7.96. The Morgan fingerprint density at radius 3 is 2.69 bits per heavy atom. The first kappa shape index (κ1) is 18.5. The monoisotopic (exact) mass is 379 g/mol. The zero-order chi connectivity index (χ0) is 18.6. The number of pyridine rings is 1. The summed E-state index contributed by atoms with van der Waals surface area (Å²) in [5.41, 5.74) is 1.11. The Balaban J connectivity index is 1.57. The van der Waals surface area contributed by atoms with Gasteiger partial charge in [0, 0.05) is 31.4 Å². The zero-order valence-electron chi connectivity index (χ0n) is 14.1. The molecule has 1 saturated heterocycles. The van der Waals surface area contributed by atoms with E-state index in [-0.39, 0.29) is 17.2 Å². The lowest BCUT2D eigenvalue weighted by Crippen LogP contribution is -2.23. The minimum Gasteiger partial charge on any atom is -0.430 e. The lowest BCUT2D eigenvalue weighted by atomic mass is 10.2. The van der Waals surface area contributed by atoms with Gasteiger partial charge in [0.1, 0.15) is 11.6 Å². The van der Waals surface area contributed by atoms with Crippen molar-refractivity contribution in [2.75, 3.05) is 18.0 Å². The van der Waals surface area contributed by atoms with Crippen LogP contribution >= 0.6 is 9.24 Å². The second-order valence-electron chi connectivity index (χ2n) is 6.09. The molecule has 0 aliphatic carbocycles. The van der Waals surface area contributed by atoms with Gasteiger partial charge in [-0.25, -0.2) is 4.98 Å². The lowest BCUT2D eigenvalue weighted by Gasteiger charge is -2.16. The summed E-state index contributed by atoms with van der Waals surface area (Å²) >= 11 is 0. The number of halogens is 2. The summed E-state index contributed by atoms with van der Waals surface area (Å²) in [5.74, 6) is -2.88. The number of hydrogen-bond donors (Lipinski definition) is 1. The van der Waals surface area contributed by atoms with E-state index in [4.69, 9.17) is 0 Å². The van der Waals surface area contributed by atoms with Gasteiger partial charge in [-0.1, -0.05) is 12.1 Å². The van der Waals surface area contributed by atoms with E-state index in [1.807, 2.05) is 12.1 Å². The summed E-state index contributed by atoms with van der Waals surface area (Å²) in [6.07, 6.45) is 4.11. The molecule has 0 spiro atoms. The number of amides is 1. The topological polar surface area (TPSA) is 54.5 Å². The summed E-state index contributed by atoms with van der Waals surface area (Å²) in [4.78, 5) is 18.9. The highest BCUT2D eigenvalue weighted by Gasteiger charge is 2.23. The molecule has 5 nitrogen and oxygen atoms in total. The Bertz CT molecular complexity index is 760. The van der Waals surface area contributed by atoms with Crippen LogP contribution in [0.25, 0.3) is 0 Å². The molecular weight excluding hydrogens is 359 g/mol. The molecule has 138 valence electrons. The molecule has 26 heavy (non-hydrogen) atoms. The average molecular weight is 379 g/mol. The van der Waals surface area contributed by atoms with E-state index in [0.717, 1.165) is 24.5 Å². The maximum absolute atomic E-state index is 12.9. The summed E-state index contributed by atoms with van der Waals surface area (Å²) in [7, 11) is 1.30. The molecule has 2 aromatic rings. The van der Waals surface area contributed by atoms with Gasteiger partial charge >= 0.3 is 5.85 Å². The van der Waals surface area contributed by atoms with Gasteiger partial charge in [-0.3, -0.25) is 4.79 Å². The summed E-state index contributed by atoms with van der Waals surface area (Å²) < 4.78 is 30.2. The normalized spacial score (nSPS) is 14.3. The van der Waals surface area contributed by atoms with Crippen LogP contribution in [0.15, 0.2) is 42.6 Å². The van der Waals surface area contributed by atoms with Crippen LogP contribution in [0.1, 0.15) is 28.8 Å². The zero-order valence-corrected chi connectivity index (χ0v) is 15.3. The molecule has 1 aromatic heterocycles. The number of carbonyl (C=O) groups is 1. The van der Waals surface area contributed by atoms with Gasteiger partial charge in [0.25, 0.3) is 5.91 Å². The average Bonchev–Trinajstić information content (AvgIpc) is 3.13. The van der Waals surface area contributed by atoms with Crippen molar-refractivity contribution in [1.29, 1.82) is 0 Å². The van der Waals surface area contributed by atoms with E-state index < -0.39 is 5.85 Å². The third-order valence-corrected chi connectivity index (χ3v) is 4.16. The van der Waals surface area contributed by atoms with Crippen molar-refractivity contribution in [2.24, 2.45) is 0 Å². The van der Waals surface area contributed by atoms with Gasteiger partial charge in [0.15, 0.2) is 0 Å². The fourth-order valence-electron chi connectivity index (χ4n) is 2.80. The standard InChI is InChI=1S/C18H20F2N3O2P/c19-18(20,26)25-15-5-3-4-14(10-15)17(24)22-12-13-6-7-16(21-11-13)23-8-1-2-9-23/h3-7,10-11H,1-2,8-9,12,26H2,(H,22,24). The van der Waals surface area contributed by atoms with Crippen LogP contribution in [0, 0.1) is 0 Å². The first-order valence-corrected chi connectivity index (χ1v) is 8.92. The van der Waals surface area contributed by atoms with Gasteiger partial charge in [0.2, 0.25) is 0 Å². The van der Waals surface area contributed by atoms with Gasteiger partial charge in [-0.05, 0) is 51.9 Å². The van der Waals surface area contributed by atoms with Crippen LogP contribution in [0.3, 0.4) is 0 Å². The van der Waals surface area contributed by atoms with Crippen LogP contribution in [-0.2, 0) is 6.54 Å². The Morgan fingerprint density at radius 2 is 2.04 bits per heavy atom. The maximum atomic E-state index is 12.9. The highest BCUT2D eigenvalue weighted by Crippen LogP contribution is 2.27. The second-order valence-corrected chi connectivity index (χ2v) is 6.77. The molecule has 1 N–H and O–H groups in total. The fourth-order valence-corrected chi connectivity index (χ4v) is 2.93. The van der Waals surface area contributed by atoms with Crippen molar-refractivity contribution >= 4 is 21.0 Å². The van der Waals surface area contributed by atoms with Crippen LogP contribution in [0.4, 0.5) is 14.6 Å². The Labute approximate surface area is 153 Å². The molecule has 8 heteroatoms. The molecule has 0 saturated carbocycles. The predicted molar refractivity (Wildman–Crippen MR) is 98.6 cm³/mol. The third kappa shape index (κ3) is 5.11. The van der Waals surface area contributed by atoms with Gasteiger partial charge in [-0.15, -0.1) is 0 Å². The quantitative estimate of drug-likeness (QED) is 0.782. The maximum Gasteiger partial charge on any atom is 0.408 e. The first-order chi connectivity index (χ1) is 12.4. The molecule has 0 bridgehead atoms. The molecular formula is C18H20F2N3O2P. The number of ether oxygens (including phenoxy) is 1. The lowest BCUT2D eigenvalue weighted by molar-refractivity contribution is -0.0892. The molecule has 1 unspecified atom stereocenters. The number of hydrogen-bond acceptors (Lipinski definition) is 4. The molecule has 1 aromatic carbocycles. The highest BCUT2D eigenvalue weighted by atomic mass is 31.0. The number of nitrogens with zero attached hydrogens (tertiary/aromatic N) is 2. The van der Waals surface area contributed by atoms with E-state index in [0.29, 0.717) is 6.54 Å². The fraction of sp³-hybridized carbons (Fsp3) is 0.333. The number of aromatic nitrogens is 1. The van der Waals surface area contributed by atoms with Crippen molar-refractivity contribution in [3.8, 4) is 5.75 Å². The summed E-state index contributed by atoms with van der Waals surface area (Å²) in [5, 5.41) is 2.75. The van der Waals surface area contributed by atoms with Crippen molar-refractivity contribution in [1.82, 2.24) is 10.3 Å². The van der Waals surface area contributed by atoms with Gasteiger partial charge < -0.3 is 15.0 Å². The number of benzene rings is 1. The molecule has 0 radical (unpaired) electrons. The number of anilines is 1. The molecule has 2 heterocycles. The predicted octanol–water partition coefficient (Wildman–Crippen LogP) is 3.42. The van der Waals surface area contributed by atoms with Gasteiger partial charge in [-0.2, -0.15) is 8.78 Å². The highest BCUT2D eigenvalue weighted by molar-refractivity contribution is 7.17.